The molecule has 3 N–H and O–H groups in total. The van der Waals surface area contributed by atoms with Gasteiger partial charge < -0.3 is 11.1 Å². The average Bonchev–Trinajstić information content (AvgIpc) is 2.58. The predicted molar refractivity (Wildman–Crippen MR) is 79.4 cm³/mol. The zero-order chi connectivity index (χ0) is 13.8. The molecule has 0 saturated heterocycles. The van der Waals surface area contributed by atoms with E-state index in [1.807, 2.05) is 0 Å². The van der Waals surface area contributed by atoms with Gasteiger partial charge in [-0.3, -0.25) is 4.79 Å². The van der Waals surface area contributed by atoms with Gasteiger partial charge in [0.25, 0.3) is 5.91 Å². The number of benzene rings is 1. The molecule has 1 aromatic carbocycles. The molecule has 0 bridgehead atoms. The van der Waals surface area contributed by atoms with Gasteiger partial charge >= 0.3 is 0 Å². The first-order valence-corrected chi connectivity index (χ1v) is 7.31. The predicted octanol–water partition coefficient (Wildman–Crippen LogP) is 3.62. The fourth-order valence-corrected chi connectivity index (χ4v) is 2.76. The first-order valence-electron chi connectivity index (χ1n) is 6.94. The first kappa shape index (κ1) is 14.2. The molecule has 0 aromatic heterocycles. The molecule has 0 aliphatic heterocycles. The monoisotopic (exact) mass is 280 g/mol. The third-order valence-corrected chi connectivity index (χ3v) is 4.28. The van der Waals surface area contributed by atoms with E-state index in [-0.39, 0.29) is 11.9 Å². The van der Waals surface area contributed by atoms with Crippen molar-refractivity contribution in [3.63, 3.8) is 0 Å². The number of rotatable bonds is 2. The molecule has 2 atom stereocenters. The Hall–Kier alpha value is -1.22. The summed E-state index contributed by atoms with van der Waals surface area (Å²) in [4.78, 5) is 12.2. The van der Waals surface area contributed by atoms with Crippen LogP contribution in [0.1, 0.15) is 49.4 Å². The molecule has 19 heavy (non-hydrogen) atoms. The summed E-state index contributed by atoms with van der Waals surface area (Å²) in [7, 11) is 0. The number of anilines is 1. The topological polar surface area (TPSA) is 55.1 Å². The van der Waals surface area contributed by atoms with Gasteiger partial charge in [-0.25, -0.2) is 0 Å². The van der Waals surface area contributed by atoms with Gasteiger partial charge in [-0.05, 0) is 37.0 Å². The third-order valence-electron chi connectivity index (χ3n) is 3.94. The highest BCUT2D eigenvalue weighted by Crippen LogP contribution is 2.24. The van der Waals surface area contributed by atoms with Crippen molar-refractivity contribution >= 4 is 23.2 Å². The van der Waals surface area contributed by atoms with Crippen LogP contribution < -0.4 is 11.1 Å². The second-order valence-electron chi connectivity index (χ2n) is 5.43. The molecule has 0 radical (unpaired) electrons. The van der Waals surface area contributed by atoms with E-state index in [1.165, 1.54) is 25.7 Å². The van der Waals surface area contributed by atoms with E-state index in [1.54, 1.807) is 18.2 Å². The number of nitrogens with two attached hydrogens (primary N) is 1. The summed E-state index contributed by atoms with van der Waals surface area (Å²) in [6.45, 7) is 2.21. The van der Waals surface area contributed by atoms with Crippen molar-refractivity contribution in [1.82, 2.24) is 5.32 Å². The quantitative estimate of drug-likeness (QED) is 0.642. The van der Waals surface area contributed by atoms with Gasteiger partial charge in [0.2, 0.25) is 0 Å². The highest BCUT2D eigenvalue weighted by atomic mass is 35.5. The lowest BCUT2D eigenvalue weighted by molar-refractivity contribution is 0.0921. The molecule has 2 unspecified atom stereocenters. The largest absolute Gasteiger partial charge is 0.398 e. The smallest absolute Gasteiger partial charge is 0.251 e. The molecule has 4 heteroatoms. The molecule has 1 saturated carbocycles. The molecular weight excluding hydrogens is 260 g/mol. The molecule has 1 aromatic rings. The Bertz CT molecular complexity index is 461. The summed E-state index contributed by atoms with van der Waals surface area (Å²) in [6, 6.07) is 5.29. The maximum Gasteiger partial charge on any atom is 0.251 e. The van der Waals surface area contributed by atoms with Gasteiger partial charge in [0.15, 0.2) is 0 Å². The molecule has 3 nitrogen and oxygen atoms in total. The Morgan fingerprint density at radius 1 is 1.32 bits per heavy atom. The van der Waals surface area contributed by atoms with Crippen molar-refractivity contribution in [3.05, 3.63) is 28.8 Å². The zero-order valence-electron chi connectivity index (χ0n) is 11.3. The minimum atomic E-state index is -0.0536. The van der Waals surface area contributed by atoms with Crippen LogP contribution in [0.4, 0.5) is 5.69 Å². The molecule has 2 rings (SSSR count). The van der Waals surface area contributed by atoms with Crippen molar-refractivity contribution in [2.75, 3.05) is 5.73 Å². The van der Waals surface area contributed by atoms with Crippen molar-refractivity contribution < 1.29 is 4.79 Å². The Morgan fingerprint density at radius 2 is 2.05 bits per heavy atom. The summed E-state index contributed by atoms with van der Waals surface area (Å²) in [6.07, 6.45) is 5.98. The van der Waals surface area contributed by atoms with E-state index in [0.29, 0.717) is 22.2 Å². The van der Waals surface area contributed by atoms with Gasteiger partial charge in [0.1, 0.15) is 0 Å². The van der Waals surface area contributed by atoms with E-state index in [0.717, 1.165) is 6.42 Å². The van der Waals surface area contributed by atoms with Crippen LogP contribution in [0.15, 0.2) is 18.2 Å². The summed E-state index contributed by atoms with van der Waals surface area (Å²) >= 11 is 5.87. The second kappa shape index (κ2) is 6.29. The maximum atomic E-state index is 12.2. The Morgan fingerprint density at radius 3 is 2.79 bits per heavy atom. The minimum absolute atomic E-state index is 0.0536. The number of carbonyl (C=O) groups excluding carboxylic acids is 1. The van der Waals surface area contributed by atoms with Gasteiger partial charge in [0.05, 0.1) is 10.7 Å². The van der Waals surface area contributed by atoms with Gasteiger partial charge in [-0.15, -0.1) is 0 Å². The van der Waals surface area contributed by atoms with E-state index in [4.69, 9.17) is 17.3 Å². The molecule has 1 aliphatic rings. The average molecular weight is 281 g/mol. The molecule has 1 aliphatic carbocycles. The van der Waals surface area contributed by atoms with Crippen molar-refractivity contribution in [3.8, 4) is 0 Å². The summed E-state index contributed by atoms with van der Waals surface area (Å²) in [5.41, 5.74) is 6.76. The zero-order valence-corrected chi connectivity index (χ0v) is 12.0. The summed E-state index contributed by atoms with van der Waals surface area (Å²) < 4.78 is 0. The highest BCUT2D eigenvalue weighted by molar-refractivity contribution is 6.33. The van der Waals surface area contributed by atoms with Crippen molar-refractivity contribution in [1.29, 1.82) is 0 Å². The number of hydrogen-bond donors (Lipinski definition) is 2. The van der Waals surface area contributed by atoms with Crippen LogP contribution in [0.25, 0.3) is 0 Å². The SMILES string of the molecule is CC1CCCCCC1NC(=O)c1ccc(Cl)c(N)c1. The molecule has 104 valence electrons. The summed E-state index contributed by atoms with van der Waals surface area (Å²) in [5, 5.41) is 3.62. The van der Waals surface area contributed by atoms with Crippen LogP contribution in [0.3, 0.4) is 0 Å². The summed E-state index contributed by atoms with van der Waals surface area (Å²) in [5.74, 6) is 0.484. The number of hydrogen-bond acceptors (Lipinski definition) is 2. The van der Waals surface area contributed by atoms with E-state index < -0.39 is 0 Å². The Kier molecular flexibility index (Phi) is 4.70. The van der Waals surface area contributed by atoms with Crippen molar-refractivity contribution in [2.24, 2.45) is 5.92 Å². The third kappa shape index (κ3) is 3.63. The molecule has 1 amide bonds. The van der Waals surface area contributed by atoms with Crippen LogP contribution in [0.5, 0.6) is 0 Å². The van der Waals surface area contributed by atoms with Crippen LogP contribution in [-0.4, -0.2) is 11.9 Å². The van der Waals surface area contributed by atoms with Crippen LogP contribution in [0.2, 0.25) is 5.02 Å². The maximum absolute atomic E-state index is 12.2. The number of carbonyl (C=O) groups is 1. The number of nitrogens with one attached hydrogen (secondary N) is 1. The molecule has 0 spiro atoms. The Labute approximate surface area is 119 Å². The number of amides is 1. The molecule has 1 fully saturated rings. The number of nitrogen functional groups attached to an aromatic ring is 1. The fraction of sp³-hybridized carbons (Fsp3) is 0.533. The van der Waals surface area contributed by atoms with Crippen LogP contribution in [0, 0.1) is 5.92 Å². The lowest BCUT2D eigenvalue weighted by Gasteiger charge is -2.22. The Balaban J connectivity index is 2.05. The van der Waals surface area contributed by atoms with Crippen molar-refractivity contribution in [2.45, 2.75) is 45.1 Å². The molecule has 0 heterocycles. The van der Waals surface area contributed by atoms with E-state index >= 15 is 0 Å². The van der Waals surface area contributed by atoms with Crippen LogP contribution in [-0.2, 0) is 0 Å². The molecular formula is C15H21ClN2O. The minimum Gasteiger partial charge on any atom is -0.398 e. The van der Waals surface area contributed by atoms with E-state index in [9.17, 15) is 4.79 Å². The van der Waals surface area contributed by atoms with Gasteiger partial charge in [0, 0.05) is 11.6 Å². The van der Waals surface area contributed by atoms with Gasteiger partial charge in [-0.1, -0.05) is 37.8 Å². The standard InChI is InChI=1S/C15H21ClN2O/c1-10-5-3-2-4-6-14(10)18-15(19)11-7-8-12(16)13(17)9-11/h7-10,14H,2-6,17H2,1H3,(H,18,19). The van der Waals surface area contributed by atoms with Gasteiger partial charge in [-0.2, -0.15) is 0 Å². The lowest BCUT2D eigenvalue weighted by Crippen LogP contribution is -2.38. The normalized spacial score (nSPS) is 23.7. The first-order chi connectivity index (χ1) is 9.08. The number of halogens is 1. The highest BCUT2D eigenvalue weighted by Gasteiger charge is 2.22. The fourth-order valence-electron chi connectivity index (χ4n) is 2.64. The lowest BCUT2D eigenvalue weighted by atomic mass is 9.96. The second-order valence-corrected chi connectivity index (χ2v) is 5.84. The van der Waals surface area contributed by atoms with E-state index in [2.05, 4.69) is 12.2 Å². The van der Waals surface area contributed by atoms with Crippen LogP contribution >= 0.6 is 11.6 Å².